The first kappa shape index (κ1) is 8.31. The summed E-state index contributed by atoms with van der Waals surface area (Å²) in [6.45, 7) is 0. The largest absolute Gasteiger partial charge is 0.0798 e. The zero-order valence-electron chi connectivity index (χ0n) is 7.33. The fraction of sp³-hybridized carbons (Fsp3) is 0.0769. The molecule has 0 spiro atoms. The van der Waals surface area contributed by atoms with Gasteiger partial charge in [0, 0.05) is 12.3 Å². The minimum absolute atomic E-state index is 0.943. The molecule has 0 saturated carbocycles. The summed E-state index contributed by atoms with van der Waals surface area (Å²) in [4.78, 5) is 0. The second-order valence-corrected chi connectivity index (χ2v) is 2.98. The molecule has 0 heteroatoms. The highest BCUT2D eigenvalue weighted by molar-refractivity contribution is 5.36. The highest BCUT2D eigenvalue weighted by Gasteiger charge is 2.04. The molecule has 2 rings (SSSR count). The molecule has 1 aromatic rings. The van der Waals surface area contributed by atoms with Crippen LogP contribution < -0.4 is 0 Å². The van der Waals surface area contributed by atoms with Crippen LogP contribution in [0, 0.1) is 24.5 Å². The van der Waals surface area contributed by atoms with Gasteiger partial charge >= 0.3 is 0 Å². The van der Waals surface area contributed by atoms with Gasteiger partial charge in [-0.3, -0.25) is 0 Å². The summed E-state index contributed by atoms with van der Waals surface area (Å²) in [5.41, 5.74) is 1.19. The van der Waals surface area contributed by atoms with Crippen molar-refractivity contribution < 1.29 is 0 Å². The van der Waals surface area contributed by atoms with Crippen LogP contribution in [-0.2, 0) is 6.42 Å². The molecule has 0 saturated heterocycles. The zero-order valence-corrected chi connectivity index (χ0v) is 7.33. The Morgan fingerprint density at radius 1 is 1.08 bits per heavy atom. The predicted molar refractivity (Wildman–Crippen MR) is 53.6 cm³/mol. The molecule has 0 atom stereocenters. The lowest BCUT2D eigenvalue weighted by Crippen LogP contribution is -1.97. The van der Waals surface area contributed by atoms with Gasteiger partial charge < -0.3 is 0 Å². The quantitative estimate of drug-likeness (QED) is 0.633. The molecule has 0 unspecified atom stereocenters. The SMILES string of the molecule is [c]1cc[c]c(C[C]2C=C[CH]C=C2)c1. The van der Waals surface area contributed by atoms with Crippen LogP contribution in [0.3, 0.4) is 0 Å². The van der Waals surface area contributed by atoms with Crippen molar-refractivity contribution in [1.29, 1.82) is 0 Å². The van der Waals surface area contributed by atoms with Crippen molar-refractivity contribution in [3.05, 3.63) is 72.5 Å². The molecular formula is C13H10. The molecule has 4 radical (unpaired) electrons. The Labute approximate surface area is 79.6 Å². The molecule has 0 amide bonds. The normalized spacial score (nSPS) is 16.3. The van der Waals surface area contributed by atoms with E-state index in [0.29, 0.717) is 0 Å². The fourth-order valence-electron chi connectivity index (χ4n) is 1.31. The summed E-state index contributed by atoms with van der Waals surface area (Å²) in [5, 5.41) is 0. The van der Waals surface area contributed by atoms with E-state index in [1.54, 1.807) is 0 Å². The predicted octanol–water partition coefficient (Wildman–Crippen LogP) is 2.73. The van der Waals surface area contributed by atoms with Gasteiger partial charge in [0.15, 0.2) is 0 Å². The van der Waals surface area contributed by atoms with Crippen LogP contribution in [0.25, 0.3) is 0 Å². The summed E-state index contributed by atoms with van der Waals surface area (Å²) >= 11 is 0. The van der Waals surface area contributed by atoms with Crippen LogP contribution in [0.1, 0.15) is 5.56 Å². The first-order valence-electron chi connectivity index (χ1n) is 4.36. The fourth-order valence-corrected chi connectivity index (χ4v) is 1.31. The van der Waals surface area contributed by atoms with E-state index in [0.717, 1.165) is 6.42 Å². The topological polar surface area (TPSA) is 0 Å². The van der Waals surface area contributed by atoms with Crippen LogP contribution in [0.4, 0.5) is 0 Å². The zero-order chi connectivity index (χ0) is 8.93. The van der Waals surface area contributed by atoms with E-state index in [2.05, 4.69) is 36.4 Å². The standard InChI is InChI=1S/C13H10/c1-3-7-12(8-4-1)11-13-9-5-2-6-10-13/h1-5,7-8,10H,11H2. The monoisotopic (exact) mass is 166 g/mol. The van der Waals surface area contributed by atoms with Crippen molar-refractivity contribution in [2.24, 2.45) is 0 Å². The van der Waals surface area contributed by atoms with Gasteiger partial charge in [-0.15, -0.1) is 0 Å². The number of rotatable bonds is 2. The van der Waals surface area contributed by atoms with E-state index >= 15 is 0 Å². The summed E-state index contributed by atoms with van der Waals surface area (Å²) < 4.78 is 0. The molecule has 1 aliphatic carbocycles. The average Bonchev–Trinajstić information content (AvgIpc) is 2.21. The molecule has 1 aliphatic rings. The van der Waals surface area contributed by atoms with E-state index in [4.69, 9.17) is 0 Å². The molecule has 1 aromatic carbocycles. The van der Waals surface area contributed by atoms with E-state index in [1.807, 2.05) is 24.6 Å². The maximum Gasteiger partial charge on any atom is 0.0231 e. The summed E-state index contributed by atoms with van der Waals surface area (Å²) in [5.74, 6) is 1.32. The van der Waals surface area contributed by atoms with Gasteiger partial charge in [0.1, 0.15) is 0 Å². The molecule has 0 heterocycles. The van der Waals surface area contributed by atoms with Crippen LogP contribution in [0.5, 0.6) is 0 Å². The van der Waals surface area contributed by atoms with Gasteiger partial charge in [-0.2, -0.15) is 0 Å². The number of benzene rings is 1. The Morgan fingerprint density at radius 3 is 2.62 bits per heavy atom. The van der Waals surface area contributed by atoms with Gasteiger partial charge in [0.25, 0.3) is 0 Å². The van der Waals surface area contributed by atoms with Crippen LogP contribution in [0.2, 0.25) is 0 Å². The molecule has 0 aromatic heterocycles. The Hall–Kier alpha value is -1.30. The number of hydrogen-bond acceptors (Lipinski definition) is 0. The van der Waals surface area contributed by atoms with Gasteiger partial charge in [-0.1, -0.05) is 42.5 Å². The van der Waals surface area contributed by atoms with E-state index < -0.39 is 0 Å². The minimum Gasteiger partial charge on any atom is -0.0798 e. The smallest absolute Gasteiger partial charge is 0.0231 e. The van der Waals surface area contributed by atoms with Gasteiger partial charge in [0.05, 0.1) is 0 Å². The maximum absolute atomic E-state index is 3.19. The second kappa shape index (κ2) is 4.08. The van der Waals surface area contributed by atoms with Crippen LogP contribution in [0.15, 0.2) is 42.5 Å². The molecule has 0 aliphatic heterocycles. The Morgan fingerprint density at radius 2 is 1.92 bits per heavy atom. The van der Waals surface area contributed by atoms with E-state index in [1.165, 1.54) is 11.5 Å². The first-order valence-corrected chi connectivity index (χ1v) is 4.36. The third-order valence-electron chi connectivity index (χ3n) is 1.94. The number of hydrogen-bond donors (Lipinski definition) is 0. The first-order chi connectivity index (χ1) is 6.45. The Kier molecular flexibility index (Phi) is 2.61. The lowest BCUT2D eigenvalue weighted by atomic mass is 9.95. The van der Waals surface area contributed by atoms with E-state index in [9.17, 15) is 0 Å². The molecular weight excluding hydrogens is 156 g/mol. The lowest BCUT2D eigenvalue weighted by Gasteiger charge is -2.09. The molecule has 0 bridgehead atoms. The average molecular weight is 166 g/mol. The van der Waals surface area contributed by atoms with Crippen molar-refractivity contribution in [3.8, 4) is 0 Å². The Bertz CT molecular complexity index is 294. The van der Waals surface area contributed by atoms with Crippen molar-refractivity contribution in [2.75, 3.05) is 0 Å². The van der Waals surface area contributed by atoms with Gasteiger partial charge in [0.2, 0.25) is 0 Å². The molecule has 0 N–H and O–H groups in total. The third-order valence-corrected chi connectivity index (χ3v) is 1.94. The van der Waals surface area contributed by atoms with Crippen molar-refractivity contribution in [1.82, 2.24) is 0 Å². The summed E-state index contributed by atoms with van der Waals surface area (Å²) in [7, 11) is 0. The second-order valence-electron chi connectivity index (χ2n) is 2.98. The molecule has 0 fully saturated rings. The van der Waals surface area contributed by atoms with Gasteiger partial charge in [-0.25, -0.2) is 0 Å². The maximum atomic E-state index is 3.19. The highest BCUT2D eigenvalue weighted by Crippen LogP contribution is 2.16. The van der Waals surface area contributed by atoms with Crippen LogP contribution in [-0.4, -0.2) is 0 Å². The Balaban J connectivity index is 2.02. The summed E-state index contributed by atoms with van der Waals surface area (Å²) in [6, 6.07) is 12.0. The van der Waals surface area contributed by atoms with Gasteiger partial charge in [-0.05, 0) is 24.1 Å². The molecule has 13 heavy (non-hydrogen) atoms. The van der Waals surface area contributed by atoms with Crippen molar-refractivity contribution in [3.63, 3.8) is 0 Å². The van der Waals surface area contributed by atoms with Crippen molar-refractivity contribution >= 4 is 0 Å². The minimum atomic E-state index is 0.943. The van der Waals surface area contributed by atoms with Crippen LogP contribution >= 0.6 is 0 Å². The lowest BCUT2D eigenvalue weighted by molar-refractivity contribution is 1.08. The highest BCUT2D eigenvalue weighted by atomic mass is 14.1. The van der Waals surface area contributed by atoms with E-state index in [-0.39, 0.29) is 0 Å². The number of allylic oxidation sites excluding steroid dienone is 4. The molecule has 62 valence electrons. The summed E-state index contributed by atoms with van der Waals surface area (Å²) in [6.07, 6.45) is 11.3. The third kappa shape index (κ3) is 2.32. The van der Waals surface area contributed by atoms with Crippen molar-refractivity contribution in [2.45, 2.75) is 6.42 Å². The molecule has 0 nitrogen and oxygen atoms in total.